The number of carbonyl (C=O) groups excluding carboxylic acids is 2. The van der Waals surface area contributed by atoms with Gasteiger partial charge in [-0.05, 0) is 66.2 Å². The summed E-state index contributed by atoms with van der Waals surface area (Å²) in [6.07, 6.45) is 0. The highest BCUT2D eigenvalue weighted by Crippen LogP contribution is 2.26. The van der Waals surface area contributed by atoms with Gasteiger partial charge in [0.15, 0.2) is 0 Å². The fraction of sp³-hybridized carbons (Fsp3) is 0.0769. The van der Waals surface area contributed by atoms with E-state index in [2.05, 4.69) is 16.0 Å². The fourth-order valence-corrected chi connectivity index (χ4v) is 4.07. The van der Waals surface area contributed by atoms with Gasteiger partial charge in [-0.15, -0.1) is 11.8 Å². The molecule has 0 saturated carbocycles. The van der Waals surface area contributed by atoms with Gasteiger partial charge >= 0.3 is 6.03 Å². The highest BCUT2D eigenvalue weighted by Gasteiger charge is 2.15. The smallest absolute Gasteiger partial charge is 0.323 e. The van der Waals surface area contributed by atoms with E-state index in [1.54, 1.807) is 0 Å². The van der Waals surface area contributed by atoms with Crippen LogP contribution in [0.1, 0.15) is 6.92 Å². The summed E-state index contributed by atoms with van der Waals surface area (Å²) in [4.78, 5) is 25.7. The maximum Gasteiger partial charge on any atom is 0.323 e. The van der Waals surface area contributed by atoms with E-state index in [9.17, 15) is 9.59 Å². The zero-order valence-electron chi connectivity index (χ0n) is 17.5. The average molecular weight is 442 g/mol. The Morgan fingerprint density at radius 1 is 0.656 bits per heavy atom. The lowest BCUT2D eigenvalue weighted by Crippen LogP contribution is -2.22. The predicted molar refractivity (Wildman–Crippen MR) is 133 cm³/mol. The van der Waals surface area contributed by atoms with Gasteiger partial charge in [0.1, 0.15) is 0 Å². The summed E-state index contributed by atoms with van der Waals surface area (Å²) in [5.74, 6) is -0.0604. The molecular formula is C26H23N3O2S. The molecule has 0 aliphatic heterocycles. The van der Waals surface area contributed by atoms with Crippen LogP contribution in [0.3, 0.4) is 0 Å². The maximum absolute atomic E-state index is 12.6. The molecule has 0 aromatic heterocycles. The van der Waals surface area contributed by atoms with E-state index in [1.165, 1.54) is 11.8 Å². The third-order valence-corrected chi connectivity index (χ3v) is 5.95. The van der Waals surface area contributed by atoms with Gasteiger partial charge in [0.25, 0.3) is 0 Å². The molecule has 3 amide bonds. The van der Waals surface area contributed by atoms with E-state index in [1.807, 2.05) is 104 Å². The number of amides is 3. The van der Waals surface area contributed by atoms with Crippen LogP contribution < -0.4 is 16.0 Å². The Labute approximate surface area is 191 Å². The first-order chi connectivity index (χ1) is 15.6. The van der Waals surface area contributed by atoms with Gasteiger partial charge in [0.05, 0.1) is 5.25 Å². The molecule has 3 N–H and O–H groups in total. The number of rotatable bonds is 6. The highest BCUT2D eigenvalue weighted by molar-refractivity contribution is 8.00. The molecule has 0 heterocycles. The molecule has 4 rings (SSSR count). The molecule has 0 aliphatic rings. The molecule has 4 aromatic carbocycles. The quantitative estimate of drug-likeness (QED) is 0.295. The van der Waals surface area contributed by atoms with Crippen molar-refractivity contribution in [3.8, 4) is 0 Å². The van der Waals surface area contributed by atoms with Crippen molar-refractivity contribution in [3.63, 3.8) is 0 Å². The van der Waals surface area contributed by atoms with Crippen molar-refractivity contribution >= 4 is 51.5 Å². The minimum absolute atomic E-state index is 0.0604. The van der Waals surface area contributed by atoms with E-state index in [0.717, 1.165) is 27.0 Å². The van der Waals surface area contributed by atoms with Crippen LogP contribution in [-0.2, 0) is 4.79 Å². The summed E-state index contributed by atoms with van der Waals surface area (Å²) in [5.41, 5.74) is 2.18. The maximum atomic E-state index is 12.6. The fourth-order valence-electron chi connectivity index (χ4n) is 3.20. The van der Waals surface area contributed by atoms with Crippen molar-refractivity contribution in [1.82, 2.24) is 0 Å². The number of thioether (sulfide) groups is 1. The van der Waals surface area contributed by atoms with E-state index >= 15 is 0 Å². The molecular weight excluding hydrogens is 418 g/mol. The van der Waals surface area contributed by atoms with Crippen LogP contribution in [0.15, 0.2) is 102 Å². The Bertz CT molecular complexity index is 1230. The second-order valence-electron chi connectivity index (χ2n) is 7.28. The zero-order valence-corrected chi connectivity index (χ0v) is 18.4. The molecule has 4 aromatic rings. The summed E-state index contributed by atoms with van der Waals surface area (Å²) in [6, 6.07) is 30.3. The van der Waals surface area contributed by atoms with Crippen molar-refractivity contribution < 1.29 is 9.59 Å². The Morgan fingerprint density at radius 2 is 1.25 bits per heavy atom. The third kappa shape index (κ3) is 5.68. The SMILES string of the molecule is CC(Sc1ccc(NC(=O)Nc2ccccc2)cc1)C(=O)Nc1ccc2ccccc2c1. The number of hydrogen-bond acceptors (Lipinski definition) is 3. The molecule has 0 radical (unpaired) electrons. The van der Waals surface area contributed by atoms with E-state index in [0.29, 0.717) is 5.69 Å². The summed E-state index contributed by atoms with van der Waals surface area (Å²) in [5, 5.41) is 10.5. The molecule has 160 valence electrons. The first-order valence-corrected chi connectivity index (χ1v) is 11.1. The van der Waals surface area contributed by atoms with Crippen molar-refractivity contribution in [2.45, 2.75) is 17.1 Å². The molecule has 1 atom stereocenters. The van der Waals surface area contributed by atoms with E-state index in [-0.39, 0.29) is 17.2 Å². The van der Waals surface area contributed by atoms with Crippen LogP contribution in [0, 0.1) is 0 Å². The second kappa shape index (κ2) is 10.0. The summed E-state index contributed by atoms with van der Waals surface area (Å²) in [7, 11) is 0. The third-order valence-electron chi connectivity index (χ3n) is 4.84. The van der Waals surface area contributed by atoms with Crippen LogP contribution in [0.4, 0.5) is 21.9 Å². The number of hydrogen-bond donors (Lipinski definition) is 3. The Kier molecular flexibility index (Phi) is 6.72. The number of urea groups is 1. The number of carbonyl (C=O) groups is 2. The number of fused-ring (bicyclic) bond motifs is 1. The standard InChI is InChI=1S/C26H23N3O2S/c1-18(25(30)27-23-12-11-19-7-5-6-8-20(19)17-23)32-24-15-13-22(14-16-24)29-26(31)28-21-9-3-2-4-10-21/h2-18H,1H3,(H,27,30)(H2,28,29,31). The minimum Gasteiger partial charge on any atom is -0.325 e. The van der Waals surface area contributed by atoms with Crippen LogP contribution in [-0.4, -0.2) is 17.2 Å². The number of benzene rings is 4. The molecule has 0 spiro atoms. The van der Waals surface area contributed by atoms with E-state index in [4.69, 9.17) is 0 Å². The molecule has 5 nitrogen and oxygen atoms in total. The highest BCUT2D eigenvalue weighted by atomic mass is 32.2. The molecule has 0 saturated heterocycles. The van der Waals surface area contributed by atoms with Crippen LogP contribution >= 0.6 is 11.8 Å². The van der Waals surface area contributed by atoms with Gasteiger partial charge in [0, 0.05) is 22.0 Å². The van der Waals surface area contributed by atoms with Gasteiger partial charge in [-0.2, -0.15) is 0 Å². The van der Waals surface area contributed by atoms with Crippen LogP contribution in [0.5, 0.6) is 0 Å². The lowest BCUT2D eigenvalue weighted by molar-refractivity contribution is -0.115. The second-order valence-corrected chi connectivity index (χ2v) is 8.70. The normalized spacial score (nSPS) is 11.5. The van der Waals surface area contributed by atoms with Gasteiger partial charge in [-0.3, -0.25) is 4.79 Å². The van der Waals surface area contributed by atoms with Crippen LogP contribution in [0.25, 0.3) is 10.8 Å². The Balaban J connectivity index is 1.31. The van der Waals surface area contributed by atoms with Crippen molar-refractivity contribution in [2.24, 2.45) is 0 Å². The molecule has 32 heavy (non-hydrogen) atoms. The number of para-hydroxylation sites is 1. The lowest BCUT2D eigenvalue weighted by Gasteiger charge is -2.13. The first-order valence-electron chi connectivity index (χ1n) is 10.3. The van der Waals surface area contributed by atoms with Gasteiger partial charge in [-0.1, -0.05) is 48.5 Å². The zero-order chi connectivity index (χ0) is 22.3. The molecule has 0 fully saturated rings. The van der Waals surface area contributed by atoms with Crippen LogP contribution in [0.2, 0.25) is 0 Å². The summed E-state index contributed by atoms with van der Waals surface area (Å²) < 4.78 is 0. The van der Waals surface area contributed by atoms with Crippen molar-refractivity contribution in [3.05, 3.63) is 97.1 Å². The number of nitrogens with one attached hydrogen (secondary N) is 3. The van der Waals surface area contributed by atoms with Crippen molar-refractivity contribution in [1.29, 1.82) is 0 Å². The first kappa shape index (κ1) is 21.5. The van der Waals surface area contributed by atoms with Crippen molar-refractivity contribution in [2.75, 3.05) is 16.0 Å². The minimum atomic E-state index is -0.306. The van der Waals surface area contributed by atoms with E-state index < -0.39 is 0 Å². The van der Waals surface area contributed by atoms with Gasteiger partial charge in [-0.25, -0.2) is 4.79 Å². The average Bonchev–Trinajstić information content (AvgIpc) is 2.81. The molecule has 1 unspecified atom stereocenters. The largest absolute Gasteiger partial charge is 0.325 e. The summed E-state index contributed by atoms with van der Waals surface area (Å²) in [6.45, 7) is 1.88. The summed E-state index contributed by atoms with van der Waals surface area (Å²) >= 11 is 1.46. The van der Waals surface area contributed by atoms with Gasteiger partial charge in [0.2, 0.25) is 5.91 Å². The Hall–Kier alpha value is -3.77. The Morgan fingerprint density at radius 3 is 1.97 bits per heavy atom. The van der Waals surface area contributed by atoms with Gasteiger partial charge < -0.3 is 16.0 Å². The topological polar surface area (TPSA) is 70.2 Å². The molecule has 0 aliphatic carbocycles. The lowest BCUT2D eigenvalue weighted by atomic mass is 10.1. The monoisotopic (exact) mass is 441 g/mol. The number of anilines is 3. The predicted octanol–water partition coefficient (Wildman–Crippen LogP) is 6.60. The molecule has 6 heteroatoms. The molecule has 0 bridgehead atoms.